The fourth-order valence-corrected chi connectivity index (χ4v) is 11.1. The van der Waals surface area contributed by atoms with E-state index in [1.807, 2.05) is 0 Å². The maximum absolute atomic E-state index is 2.54. The highest BCUT2D eigenvalue weighted by atomic mass is 14.5. The highest BCUT2D eigenvalue weighted by molar-refractivity contribution is 6.23. The monoisotopic (exact) mass is 744 g/mol. The maximum Gasteiger partial charge on any atom is 0.0731 e. The third kappa shape index (κ3) is 4.38. The Balaban J connectivity index is 1.09. The Labute approximate surface area is 343 Å². The van der Waals surface area contributed by atoms with E-state index >= 15 is 0 Å². The fourth-order valence-electron chi connectivity index (χ4n) is 11.1. The lowest BCUT2D eigenvalue weighted by Crippen LogP contribution is -2.26. The summed E-state index contributed by atoms with van der Waals surface area (Å²) in [7, 11) is 0. The molecule has 11 aromatic rings. The minimum absolute atomic E-state index is 0.434. The Bertz CT molecular complexity index is 3450. The molecule has 0 heterocycles. The van der Waals surface area contributed by atoms with Crippen molar-refractivity contribution in [1.29, 1.82) is 0 Å². The highest BCUT2D eigenvalue weighted by Gasteiger charge is 2.52. The van der Waals surface area contributed by atoms with E-state index in [1.165, 1.54) is 121 Å². The molecule has 0 radical (unpaired) electrons. The minimum atomic E-state index is -0.434. The summed E-state index contributed by atoms with van der Waals surface area (Å²) in [6, 6.07) is 81.8. The fraction of sp³-hybridized carbons (Fsp3) is 0.0169. The quantitative estimate of drug-likeness (QED) is 0.158. The topological polar surface area (TPSA) is 0 Å². The zero-order valence-corrected chi connectivity index (χ0v) is 32.3. The second kappa shape index (κ2) is 12.2. The third-order valence-electron chi connectivity index (χ3n) is 13.4. The van der Waals surface area contributed by atoms with Gasteiger partial charge in [-0.05, 0) is 139 Å². The van der Waals surface area contributed by atoms with Gasteiger partial charge in [0.15, 0.2) is 0 Å². The number of fused-ring (bicyclic) bond motifs is 15. The van der Waals surface area contributed by atoms with Crippen LogP contribution in [-0.2, 0) is 5.41 Å². The third-order valence-corrected chi connectivity index (χ3v) is 13.4. The van der Waals surface area contributed by atoms with Gasteiger partial charge >= 0.3 is 0 Å². The van der Waals surface area contributed by atoms with Gasteiger partial charge in [0.05, 0.1) is 5.41 Å². The van der Waals surface area contributed by atoms with Crippen LogP contribution < -0.4 is 0 Å². The largest absolute Gasteiger partial charge is 0.0731 e. The first-order valence-corrected chi connectivity index (χ1v) is 20.7. The van der Waals surface area contributed by atoms with Gasteiger partial charge < -0.3 is 0 Å². The van der Waals surface area contributed by atoms with Gasteiger partial charge in [0.25, 0.3) is 0 Å². The lowest BCUT2D eigenvalue weighted by atomic mass is 9.69. The molecule has 1 spiro atoms. The Morgan fingerprint density at radius 2 is 0.763 bits per heavy atom. The van der Waals surface area contributed by atoms with Gasteiger partial charge in [0.2, 0.25) is 0 Å². The Morgan fingerprint density at radius 1 is 0.237 bits per heavy atom. The van der Waals surface area contributed by atoms with Crippen LogP contribution in [0.3, 0.4) is 0 Å². The molecule has 59 heavy (non-hydrogen) atoms. The molecule has 0 aliphatic heterocycles. The molecule has 11 aromatic carbocycles. The van der Waals surface area contributed by atoms with E-state index in [-0.39, 0.29) is 0 Å². The molecule has 0 aromatic heterocycles. The molecule has 0 N–H and O–H groups in total. The second-order valence-electron chi connectivity index (χ2n) is 16.3. The van der Waals surface area contributed by atoms with Gasteiger partial charge in [-0.2, -0.15) is 0 Å². The van der Waals surface area contributed by atoms with Crippen LogP contribution in [0.2, 0.25) is 0 Å². The van der Waals surface area contributed by atoms with E-state index in [9.17, 15) is 0 Å². The van der Waals surface area contributed by atoms with Crippen molar-refractivity contribution in [1.82, 2.24) is 0 Å². The van der Waals surface area contributed by atoms with Crippen molar-refractivity contribution in [2.45, 2.75) is 5.41 Å². The van der Waals surface area contributed by atoms with Crippen molar-refractivity contribution in [3.05, 3.63) is 241 Å². The van der Waals surface area contributed by atoms with Gasteiger partial charge in [-0.1, -0.05) is 200 Å². The number of rotatable bonds is 3. The van der Waals surface area contributed by atoms with Gasteiger partial charge in [-0.3, -0.25) is 0 Å². The molecule has 272 valence electrons. The zero-order valence-electron chi connectivity index (χ0n) is 32.3. The molecule has 0 heteroatoms. The molecule has 0 unspecified atom stereocenters. The SMILES string of the molecule is c1ccc(-c2ccccc2-c2c3ccccc3c(-c3ccc4cc5c(cc4c3)C3(c4ccccc4-c4ccccc43)c3c-5ccc4ccccc34)c3ccccc23)cc1. The summed E-state index contributed by atoms with van der Waals surface area (Å²) in [5.74, 6) is 0. The molecule has 0 nitrogen and oxygen atoms in total. The van der Waals surface area contributed by atoms with Crippen LogP contribution in [0, 0.1) is 0 Å². The number of hydrogen-bond donors (Lipinski definition) is 0. The van der Waals surface area contributed by atoms with Gasteiger partial charge in [-0.25, -0.2) is 0 Å². The van der Waals surface area contributed by atoms with Crippen LogP contribution in [0.25, 0.3) is 98.7 Å². The van der Waals surface area contributed by atoms with Crippen molar-refractivity contribution in [3.63, 3.8) is 0 Å². The van der Waals surface area contributed by atoms with Gasteiger partial charge in [0, 0.05) is 0 Å². The standard InChI is InChI=1S/C59H36/c1-2-16-37(17-3-1)42-19-6-7-23-46(42)57-49-26-10-8-24-47(49)56(48-25-9-11-27-50(48)57)40-31-30-39-35-52-51-33-32-38-18-4-5-20-43(38)58(51)59(55(52)36-41(39)34-40)53-28-14-12-21-44(53)45-22-13-15-29-54(45)59/h1-36H. The van der Waals surface area contributed by atoms with Crippen molar-refractivity contribution < 1.29 is 0 Å². The highest BCUT2D eigenvalue weighted by Crippen LogP contribution is 2.64. The Kier molecular flexibility index (Phi) is 6.74. The number of benzene rings is 11. The predicted molar refractivity (Wildman–Crippen MR) is 249 cm³/mol. The zero-order chi connectivity index (χ0) is 38.7. The van der Waals surface area contributed by atoms with E-state index in [0.717, 1.165) is 0 Å². The predicted octanol–water partition coefficient (Wildman–Crippen LogP) is 15.6. The van der Waals surface area contributed by atoms with E-state index < -0.39 is 5.41 Å². The first-order chi connectivity index (χ1) is 29.3. The molecule has 2 aliphatic rings. The van der Waals surface area contributed by atoms with Gasteiger partial charge in [-0.15, -0.1) is 0 Å². The molecular formula is C59H36. The van der Waals surface area contributed by atoms with E-state index in [1.54, 1.807) is 0 Å². The summed E-state index contributed by atoms with van der Waals surface area (Å²) < 4.78 is 0. The Morgan fingerprint density at radius 3 is 1.44 bits per heavy atom. The maximum atomic E-state index is 2.54. The average Bonchev–Trinajstić information content (AvgIpc) is 3.77. The van der Waals surface area contributed by atoms with Gasteiger partial charge in [0.1, 0.15) is 0 Å². The molecule has 0 atom stereocenters. The van der Waals surface area contributed by atoms with Crippen LogP contribution in [0.4, 0.5) is 0 Å². The molecule has 2 aliphatic carbocycles. The summed E-state index contributed by atoms with van der Waals surface area (Å²) in [4.78, 5) is 0. The van der Waals surface area contributed by atoms with Crippen LogP contribution in [0.15, 0.2) is 218 Å². The molecular weight excluding hydrogens is 709 g/mol. The molecule has 0 bridgehead atoms. The molecule has 0 amide bonds. The first-order valence-electron chi connectivity index (χ1n) is 20.7. The van der Waals surface area contributed by atoms with Crippen molar-refractivity contribution in [2.75, 3.05) is 0 Å². The van der Waals surface area contributed by atoms with Crippen LogP contribution in [-0.4, -0.2) is 0 Å². The smallest absolute Gasteiger partial charge is 0.0622 e. The Hall–Kier alpha value is -7.54. The summed E-state index contributed by atoms with van der Waals surface area (Å²) in [5.41, 5.74) is 17.9. The average molecular weight is 745 g/mol. The van der Waals surface area contributed by atoms with E-state index in [4.69, 9.17) is 0 Å². The summed E-state index contributed by atoms with van der Waals surface area (Å²) in [6.07, 6.45) is 0. The lowest BCUT2D eigenvalue weighted by molar-refractivity contribution is 0.802. The van der Waals surface area contributed by atoms with Crippen LogP contribution >= 0.6 is 0 Å². The molecule has 13 rings (SSSR count). The van der Waals surface area contributed by atoms with Crippen LogP contribution in [0.5, 0.6) is 0 Å². The summed E-state index contributed by atoms with van der Waals surface area (Å²) in [6.45, 7) is 0. The van der Waals surface area contributed by atoms with Crippen LogP contribution in [0.1, 0.15) is 22.3 Å². The van der Waals surface area contributed by atoms with E-state index in [2.05, 4.69) is 218 Å². The summed E-state index contributed by atoms with van der Waals surface area (Å²) >= 11 is 0. The van der Waals surface area contributed by atoms with E-state index in [0.29, 0.717) is 0 Å². The van der Waals surface area contributed by atoms with Crippen molar-refractivity contribution in [2.24, 2.45) is 0 Å². The second-order valence-corrected chi connectivity index (χ2v) is 16.3. The first kappa shape index (κ1) is 32.5. The molecule has 0 fully saturated rings. The lowest BCUT2D eigenvalue weighted by Gasteiger charge is -2.31. The van der Waals surface area contributed by atoms with Crippen molar-refractivity contribution in [3.8, 4) is 55.6 Å². The molecule has 0 saturated carbocycles. The summed E-state index contributed by atoms with van der Waals surface area (Å²) in [5, 5.41) is 10.2. The van der Waals surface area contributed by atoms with Crippen molar-refractivity contribution >= 4 is 43.1 Å². The molecule has 0 saturated heterocycles. The normalized spacial score (nSPS) is 13.2. The number of hydrogen-bond acceptors (Lipinski definition) is 0. The minimum Gasteiger partial charge on any atom is -0.0622 e.